The highest BCUT2D eigenvalue weighted by Crippen LogP contribution is 2.40. The van der Waals surface area contributed by atoms with Crippen molar-refractivity contribution in [3.63, 3.8) is 0 Å². The van der Waals surface area contributed by atoms with Crippen LogP contribution in [-0.2, 0) is 4.79 Å². The number of pyridine rings is 1. The first-order valence-corrected chi connectivity index (χ1v) is 9.65. The van der Waals surface area contributed by atoms with Gasteiger partial charge < -0.3 is 19.9 Å². The van der Waals surface area contributed by atoms with Crippen LogP contribution >= 0.6 is 11.6 Å². The van der Waals surface area contributed by atoms with E-state index in [-0.39, 0.29) is 11.7 Å². The van der Waals surface area contributed by atoms with Crippen LogP contribution in [0.25, 0.3) is 10.9 Å². The lowest BCUT2D eigenvalue weighted by Crippen LogP contribution is -2.29. The standard InChI is InChI=1S/C22H23ClN2O4/c1-4-6-19(26)25-20(13-8-9-17(28-2)18(11-13)29-3)15-12-16(23)14-7-5-10-24-21(14)22(15)27/h5,7-12,20,27H,4,6H2,1-3H3,(H,25,26)/t20-/m0/s1. The number of benzene rings is 2. The Morgan fingerprint density at radius 1 is 1.21 bits per heavy atom. The number of rotatable bonds is 7. The van der Waals surface area contributed by atoms with E-state index in [2.05, 4.69) is 10.3 Å². The fourth-order valence-corrected chi connectivity index (χ4v) is 3.53. The molecule has 0 aliphatic heterocycles. The normalized spacial score (nSPS) is 11.9. The molecule has 0 saturated heterocycles. The summed E-state index contributed by atoms with van der Waals surface area (Å²) in [6, 6.07) is 9.90. The van der Waals surface area contributed by atoms with E-state index in [0.29, 0.717) is 51.4 Å². The Kier molecular flexibility index (Phi) is 6.44. The molecule has 0 fully saturated rings. The number of amides is 1. The molecule has 1 heterocycles. The summed E-state index contributed by atoms with van der Waals surface area (Å²) in [5.74, 6) is 0.923. The van der Waals surface area contributed by atoms with Crippen LogP contribution in [0.1, 0.15) is 36.9 Å². The van der Waals surface area contributed by atoms with E-state index in [1.807, 2.05) is 13.0 Å². The molecule has 1 atom stereocenters. The molecule has 0 bridgehead atoms. The zero-order valence-electron chi connectivity index (χ0n) is 16.5. The van der Waals surface area contributed by atoms with Gasteiger partial charge in [-0.25, -0.2) is 0 Å². The number of fused-ring (bicyclic) bond motifs is 1. The Morgan fingerprint density at radius 3 is 2.66 bits per heavy atom. The van der Waals surface area contributed by atoms with Gasteiger partial charge in [0, 0.05) is 23.6 Å². The second-order valence-corrected chi connectivity index (χ2v) is 6.97. The maximum absolute atomic E-state index is 12.4. The number of halogens is 1. The van der Waals surface area contributed by atoms with Gasteiger partial charge in [-0.1, -0.05) is 24.6 Å². The van der Waals surface area contributed by atoms with E-state index in [9.17, 15) is 9.90 Å². The van der Waals surface area contributed by atoms with E-state index in [1.165, 1.54) is 0 Å². The Hall–Kier alpha value is -2.99. The molecule has 0 spiro atoms. The molecule has 29 heavy (non-hydrogen) atoms. The van der Waals surface area contributed by atoms with Crippen molar-refractivity contribution in [3.05, 3.63) is 58.7 Å². The molecule has 0 unspecified atom stereocenters. The van der Waals surface area contributed by atoms with E-state index >= 15 is 0 Å². The maximum Gasteiger partial charge on any atom is 0.220 e. The number of hydrogen-bond acceptors (Lipinski definition) is 5. The van der Waals surface area contributed by atoms with Crippen molar-refractivity contribution >= 4 is 28.4 Å². The summed E-state index contributed by atoms with van der Waals surface area (Å²) in [6.07, 6.45) is 2.66. The summed E-state index contributed by atoms with van der Waals surface area (Å²) in [5, 5.41) is 15.0. The Balaban J connectivity index is 2.18. The Bertz CT molecular complexity index is 1040. The van der Waals surface area contributed by atoms with E-state index in [1.54, 1.807) is 50.7 Å². The lowest BCUT2D eigenvalue weighted by Gasteiger charge is -2.23. The first-order chi connectivity index (χ1) is 14.0. The number of aromatic nitrogens is 1. The molecule has 2 aromatic carbocycles. The van der Waals surface area contributed by atoms with Gasteiger partial charge in [-0.2, -0.15) is 0 Å². The number of nitrogens with one attached hydrogen (secondary N) is 1. The average molecular weight is 415 g/mol. The lowest BCUT2D eigenvalue weighted by atomic mass is 9.95. The fraction of sp³-hybridized carbons (Fsp3) is 0.273. The predicted molar refractivity (Wildman–Crippen MR) is 113 cm³/mol. The molecule has 2 N–H and O–H groups in total. The van der Waals surface area contributed by atoms with Crippen molar-refractivity contribution in [1.29, 1.82) is 0 Å². The van der Waals surface area contributed by atoms with Crippen LogP contribution < -0.4 is 14.8 Å². The van der Waals surface area contributed by atoms with Gasteiger partial charge in [0.2, 0.25) is 5.91 Å². The number of phenols is 1. The minimum Gasteiger partial charge on any atom is -0.505 e. The van der Waals surface area contributed by atoms with Gasteiger partial charge in [0.1, 0.15) is 11.3 Å². The molecule has 0 aliphatic rings. The van der Waals surface area contributed by atoms with Crippen molar-refractivity contribution in [2.75, 3.05) is 14.2 Å². The number of ether oxygens (including phenoxy) is 2. The number of phenolic OH excluding ortho intramolecular Hbond substituents is 1. The van der Waals surface area contributed by atoms with Crippen LogP contribution in [0.5, 0.6) is 17.2 Å². The predicted octanol–water partition coefficient (Wildman–Crippen LogP) is 4.62. The van der Waals surface area contributed by atoms with E-state index in [4.69, 9.17) is 21.1 Å². The first kappa shape index (κ1) is 20.7. The monoisotopic (exact) mass is 414 g/mol. The van der Waals surface area contributed by atoms with Crippen LogP contribution in [0, 0.1) is 0 Å². The molecular formula is C22H23ClN2O4. The molecule has 0 saturated carbocycles. The molecule has 3 rings (SSSR count). The first-order valence-electron chi connectivity index (χ1n) is 9.27. The third kappa shape index (κ3) is 4.22. The summed E-state index contributed by atoms with van der Waals surface area (Å²) in [4.78, 5) is 16.7. The number of aromatic hydroxyl groups is 1. The number of carbonyl (C=O) groups is 1. The summed E-state index contributed by atoms with van der Waals surface area (Å²) in [5.41, 5.74) is 1.55. The second kappa shape index (κ2) is 9.01. The van der Waals surface area contributed by atoms with Gasteiger partial charge in [0.05, 0.1) is 25.3 Å². The van der Waals surface area contributed by atoms with Crippen molar-refractivity contribution in [2.24, 2.45) is 0 Å². The van der Waals surface area contributed by atoms with Gasteiger partial charge in [0.25, 0.3) is 0 Å². The van der Waals surface area contributed by atoms with E-state index in [0.717, 1.165) is 0 Å². The van der Waals surface area contributed by atoms with Crippen molar-refractivity contribution in [2.45, 2.75) is 25.8 Å². The minimum absolute atomic E-state index is 0.0263. The SMILES string of the molecule is CCCC(=O)N[C@@H](c1ccc(OC)c(OC)c1)c1cc(Cl)c2cccnc2c1O. The van der Waals surface area contributed by atoms with E-state index < -0.39 is 6.04 Å². The summed E-state index contributed by atoms with van der Waals surface area (Å²) in [7, 11) is 3.10. The molecule has 6 nitrogen and oxygen atoms in total. The second-order valence-electron chi connectivity index (χ2n) is 6.56. The average Bonchev–Trinajstić information content (AvgIpc) is 2.74. The number of hydrogen-bond donors (Lipinski definition) is 2. The number of carbonyl (C=O) groups excluding carboxylic acids is 1. The summed E-state index contributed by atoms with van der Waals surface area (Å²) < 4.78 is 10.7. The van der Waals surface area contributed by atoms with Crippen LogP contribution in [0.2, 0.25) is 5.02 Å². The molecule has 0 aliphatic carbocycles. The molecule has 1 amide bonds. The highest BCUT2D eigenvalue weighted by molar-refractivity contribution is 6.35. The number of nitrogens with zero attached hydrogens (tertiary/aromatic N) is 1. The van der Waals surface area contributed by atoms with Gasteiger partial charge in [-0.15, -0.1) is 0 Å². The minimum atomic E-state index is -0.641. The van der Waals surface area contributed by atoms with Gasteiger partial charge in [-0.3, -0.25) is 9.78 Å². The van der Waals surface area contributed by atoms with Crippen molar-refractivity contribution in [3.8, 4) is 17.2 Å². The fourth-order valence-electron chi connectivity index (χ4n) is 3.26. The Morgan fingerprint density at radius 2 is 1.97 bits per heavy atom. The zero-order valence-corrected chi connectivity index (χ0v) is 17.3. The van der Waals surface area contributed by atoms with Gasteiger partial charge in [0.15, 0.2) is 11.5 Å². The van der Waals surface area contributed by atoms with Crippen LogP contribution in [0.4, 0.5) is 0 Å². The van der Waals surface area contributed by atoms with Gasteiger partial charge >= 0.3 is 0 Å². The van der Waals surface area contributed by atoms with Crippen molar-refractivity contribution in [1.82, 2.24) is 10.3 Å². The highest BCUT2D eigenvalue weighted by Gasteiger charge is 2.24. The quantitative estimate of drug-likeness (QED) is 0.589. The maximum atomic E-state index is 12.4. The Labute approximate surface area is 174 Å². The molecule has 152 valence electrons. The molecule has 7 heteroatoms. The van der Waals surface area contributed by atoms with Crippen LogP contribution in [-0.4, -0.2) is 30.2 Å². The number of methoxy groups -OCH3 is 2. The molecule has 1 aromatic heterocycles. The molecule has 3 aromatic rings. The third-order valence-electron chi connectivity index (χ3n) is 4.68. The zero-order chi connectivity index (χ0) is 21.0. The smallest absolute Gasteiger partial charge is 0.220 e. The van der Waals surface area contributed by atoms with Gasteiger partial charge in [-0.05, 0) is 42.3 Å². The largest absolute Gasteiger partial charge is 0.505 e. The lowest BCUT2D eigenvalue weighted by molar-refractivity contribution is -0.121. The summed E-state index contributed by atoms with van der Waals surface area (Å²) >= 11 is 6.46. The summed E-state index contributed by atoms with van der Waals surface area (Å²) in [6.45, 7) is 1.93. The third-order valence-corrected chi connectivity index (χ3v) is 4.99. The highest BCUT2D eigenvalue weighted by atomic mass is 35.5. The molecule has 0 radical (unpaired) electrons. The van der Waals surface area contributed by atoms with Crippen LogP contribution in [0.3, 0.4) is 0 Å². The van der Waals surface area contributed by atoms with Crippen molar-refractivity contribution < 1.29 is 19.4 Å². The van der Waals surface area contributed by atoms with Crippen LogP contribution in [0.15, 0.2) is 42.6 Å². The topological polar surface area (TPSA) is 80.7 Å². The molecular weight excluding hydrogens is 392 g/mol.